The number of carboxylic acids is 1. The molecule has 0 aromatic heterocycles. The molecule has 2 aromatic rings. The molecule has 2 aliphatic heterocycles. The number of rotatable bonds is 9. The van der Waals surface area contributed by atoms with Gasteiger partial charge in [0.15, 0.2) is 6.10 Å². The molecule has 2 heterocycles. The van der Waals surface area contributed by atoms with E-state index < -0.39 is 37.0 Å². The monoisotopic (exact) mass is 644 g/mol. The molecule has 5 atom stereocenters. The summed E-state index contributed by atoms with van der Waals surface area (Å²) in [6.07, 6.45) is -4.90. The van der Waals surface area contributed by atoms with Gasteiger partial charge in [0.1, 0.15) is 18.3 Å². The molecule has 13 nitrogen and oxygen atoms in total. The molecular weight excluding hydrogens is 596 g/mol. The Bertz CT molecular complexity index is 1300. The van der Waals surface area contributed by atoms with Crippen molar-refractivity contribution in [2.24, 2.45) is 0 Å². The molecule has 1 amide bonds. The quantitative estimate of drug-likeness (QED) is 0.184. The number of carbonyl (C=O) groups excluding carboxylic acids is 1. The number of aryl methyl sites for hydroxylation is 1. The maximum absolute atomic E-state index is 13.0. The van der Waals surface area contributed by atoms with Crippen LogP contribution in [0.4, 0.5) is 11.4 Å². The minimum Gasteiger partial charge on any atom is -0.479 e. The highest BCUT2D eigenvalue weighted by Gasteiger charge is 2.34. The number of nitrogens with zero attached hydrogens (tertiary/aromatic N) is 3. The number of ether oxygens (including phenoxy) is 1. The number of morpholine rings is 1. The topological polar surface area (TPSA) is 186 Å². The number of anilines is 2. The second kappa shape index (κ2) is 16.5. The lowest BCUT2D eigenvalue weighted by Gasteiger charge is -2.37. The van der Waals surface area contributed by atoms with Gasteiger partial charge in [0.05, 0.1) is 19.8 Å². The normalized spacial score (nSPS) is 21.2. The lowest BCUT2D eigenvalue weighted by Crippen LogP contribution is -2.48. The number of piperazine rings is 1. The summed E-state index contributed by atoms with van der Waals surface area (Å²) in [5.41, 5.74) is 7.59. The van der Waals surface area contributed by atoms with Crippen molar-refractivity contribution in [1.82, 2.24) is 10.2 Å². The molecule has 254 valence electrons. The van der Waals surface area contributed by atoms with Gasteiger partial charge in [0.2, 0.25) is 0 Å². The number of fused-ring (bicyclic) bond motifs is 1. The second-order valence-corrected chi connectivity index (χ2v) is 12.2. The fraction of sp³-hybridized carbons (Fsp3) is 0.576. The van der Waals surface area contributed by atoms with Crippen LogP contribution in [-0.4, -0.2) is 144 Å². The highest BCUT2D eigenvalue weighted by molar-refractivity contribution is 5.94. The van der Waals surface area contributed by atoms with Gasteiger partial charge in [-0.15, -0.1) is 0 Å². The summed E-state index contributed by atoms with van der Waals surface area (Å²) >= 11 is 0. The number of nitrogens with one attached hydrogen (secondary N) is 1. The summed E-state index contributed by atoms with van der Waals surface area (Å²) in [6.45, 7) is 9.06. The highest BCUT2D eigenvalue weighted by Crippen LogP contribution is 2.33. The number of aliphatic hydroxyl groups excluding tert-OH is 5. The zero-order valence-electron chi connectivity index (χ0n) is 26.6. The third-order valence-electron chi connectivity index (χ3n) is 9.03. The molecule has 7 N–H and O–H groups in total. The number of carboxylic acid groups (broad SMARTS) is 1. The summed E-state index contributed by atoms with van der Waals surface area (Å²) in [7, 11) is 2.20. The first-order valence-electron chi connectivity index (χ1n) is 15.8. The molecule has 46 heavy (non-hydrogen) atoms. The van der Waals surface area contributed by atoms with E-state index in [9.17, 15) is 9.59 Å². The van der Waals surface area contributed by atoms with Gasteiger partial charge in [-0.05, 0) is 80.3 Å². The van der Waals surface area contributed by atoms with Crippen LogP contribution in [0.3, 0.4) is 0 Å². The first-order valence-corrected chi connectivity index (χ1v) is 15.8. The average molecular weight is 645 g/mol. The van der Waals surface area contributed by atoms with Crippen LogP contribution in [0, 0.1) is 6.92 Å². The molecule has 2 aromatic carbocycles. The Labute approximate surface area is 269 Å². The Kier molecular flexibility index (Phi) is 12.8. The molecule has 0 radical (unpaired) electrons. The minimum absolute atomic E-state index is 0.0331. The fourth-order valence-corrected chi connectivity index (χ4v) is 6.09. The summed E-state index contributed by atoms with van der Waals surface area (Å²) in [5.74, 6) is -1.69. The maximum atomic E-state index is 13.0. The van der Waals surface area contributed by atoms with Gasteiger partial charge in [0, 0.05) is 62.2 Å². The van der Waals surface area contributed by atoms with Crippen molar-refractivity contribution in [2.75, 3.05) is 75.9 Å². The molecule has 3 aliphatic rings. The Morgan fingerprint density at radius 2 is 1.54 bits per heavy atom. The van der Waals surface area contributed by atoms with Gasteiger partial charge in [-0.25, -0.2) is 4.79 Å². The Morgan fingerprint density at radius 1 is 0.891 bits per heavy atom. The smallest absolute Gasteiger partial charge is 0.335 e. The lowest BCUT2D eigenvalue weighted by molar-refractivity contribution is -0.164. The molecule has 0 spiro atoms. The fourth-order valence-electron chi connectivity index (χ4n) is 6.09. The van der Waals surface area contributed by atoms with E-state index in [1.165, 1.54) is 22.4 Å². The number of amides is 1. The number of aliphatic hydroxyl groups is 5. The number of hydrogen-bond donors (Lipinski definition) is 7. The molecule has 2 saturated heterocycles. The largest absolute Gasteiger partial charge is 0.479 e. The van der Waals surface area contributed by atoms with E-state index in [-0.39, 0.29) is 11.9 Å². The summed E-state index contributed by atoms with van der Waals surface area (Å²) in [6, 6.07) is 12.8. The summed E-state index contributed by atoms with van der Waals surface area (Å²) in [5, 5.41) is 55.1. The van der Waals surface area contributed by atoms with Crippen molar-refractivity contribution in [3.63, 3.8) is 0 Å². The van der Waals surface area contributed by atoms with Crippen LogP contribution in [0.15, 0.2) is 36.4 Å². The van der Waals surface area contributed by atoms with Crippen LogP contribution in [-0.2, 0) is 22.4 Å². The molecule has 0 bridgehead atoms. The molecule has 2 fully saturated rings. The Balaban J connectivity index is 0.000000315. The van der Waals surface area contributed by atoms with Crippen molar-refractivity contribution >= 4 is 23.3 Å². The first-order chi connectivity index (χ1) is 22.0. The standard InChI is InChI=1S/C27H36N4O2.C6H12O7/c1-20-3-10-26(31-13-11-29(2)12-14-31)25-19-22(6-9-24(20)25)28-27(32)21-4-7-23(8-5-21)30-15-17-33-18-16-30;7-1-2(8)3(9)4(10)5(11)6(12)13/h3-5,7-8,10,22H,6,9,11-19H2,1-2H3,(H,28,32);2-5,7-11H,1H2,(H,12,13)/t22-;2-,3-,4+,5-/m11/s1. The van der Waals surface area contributed by atoms with Gasteiger partial charge in [-0.2, -0.15) is 0 Å². The van der Waals surface area contributed by atoms with E-state index in [0.717, 1.165) is 83.0 Å². The third-order valence-corrected chi connectivity index (χ3v) is 9.03. The van der Waals surface area contributed by atoms with E-state index in [1.807, 2.05) is 12.1 Å². The first kappa shape index (κ1) is 35.6. The predicted octanol–water partition coefficient (Wildman–Crippen LogP) is -0.622. The average Bonchev–Trinajstić information content (AvgIpc) is 3.08. The maximum Gasteiger partial charge on any atom is 0.335 e. The second-order valence-electron chi connectivity index (χ2n) is 12.2. The van der Waals surface area contributed by atoms with Crippen molar-refractivity contribution in [1.29, 1.82) is 0 Å². The van der Waals surface area contributed by atoms with Crippen LogP contribution < -0.4 is 15.1 Å². The van der Waals surface area contributed by atoms with Crippen molar-refractivity contribution in [3.8, 4) is 0 Å². The molecule has 0 unspecified atom stereocenters. The van der Waals surface area contributed by atoms with Gasteiger partial charge in [0.25, 0.3) is 5.91 Å². The van der Waals surface area contributed by atoms with Crippen LogP contribution in [0.5, 0.6) is 0 Å². The van der Waals surface area contributed by atoms with Crippen LogP contribution in [0.1, 0.15) is 33.5 Å². The zero-order valence-corrected chi connectivity index (χ0v) is 26.6. The van der Waals surface area contributed by atoms with Crippen molar-refractivity contribution in [3.05, 3.63) is 58.7 Å². The highest BCUT2D eigenvalue weighted by atomic mass is 16.5. The number of carbonyl (C=O) groups is 2. The van der Waals surface area contributed by atoms with Crippen molar-refractivity contribution < 1.29 is 45.0 Å². The van der Waals surface area contributed by atoms with Crippen molar-refractivity contribution in [2.45, 2.75) is 56.6 Å². The molecule has 0 saturated carbocycles. The lowest BCUT2D eigenvalue weighted by atomic mass is 9.84. The Hall–Kier alpha value is -3.30. The van der Waals surface area contributed by atoms with Gasteiger partial charge in [-0.3, -0.25) is 4.79 Å². The number of benzene rings is 2. The van der Waals surface area contributed by atoms with E-state index in [2.05, 4.69) is 58.3 Å². The van der Waals surface area contributed by atoms with Gasteiger partial charge < -0.3 is 55.4 Å². The van der Waals surface area contributed by atoms with E-state index in [4.69, 9.17) is 35.4 Å². The van der Waals surface area contributed by atoms with Gasteiger partial charge >= 0.3 is 5.97 Å². The third kappa shape index (κ3) is 8.94. The zero-order chi connectivity index (χ0) is 33.4. The summed E-state index contributed by atoms with van der Waals surface area (Å²) < 4.78 is 5.44. The van der Waals surface area contributed by atoms with Crippen LogP contribution in [0.2, 0.25) is 0 Å². The van der Waals surface area contributed by atoms with E-state index >= 15 is 0 Å². The number of hydrogen-bond acceptors (Lipinski definition) is 11. The van der Waals surface area contributed by atoms with E-state index in [0.29, 0.717) is 0 Å². The number of aliphatic carboxylic acids is 1. The van der Waals surface area contributed by atoms with Gasteiger partial charge in [-0.1, -0.05) is 6.07 Å². The molecule has 13 heteroatoms. The van der Waals surface area contributed by atoms with Crippen LogP contribution >= 0.6 is 0 Å². The Morgan fingerprint density at radius 3 is 2.15 bits per heavy atom. The molecule has 5 rings (SSSR count). The summed E-state index contributed by atoms with van der Waals surface area (Å²) in [4.78, 5) is 30.4. The minimum atomic E-state index is -2.20. The van der Waals surface area contributed by atoms with Crippen LogP contribution in [0.25, 0.3) is 0 Å². The molecule has 1 aliphatic carbocycles. The number of likely N-dealkylation sites (N-methyl/N-ethyl adjacent to an activating group) is 1. The predicted molar refractivity (Wildman–Crippen MR) is 172 cm³/mol. The van der Waals surface area contributed by atoms with E-state index in [1.54, 1.807) is 0 Å². The molecular formula is C33H48N4O9. The SMILES string of the molecule is Cc1ccc(N2CCN(C)CC2)c2c1CC[C@@H](NC(=O)c1ccc(N3CCOCC3)cc1)C2.O=C(O)[C@H](O)[C@@H](O)[C@H](O)[C@H](O)CO.